The maximum absolute atomic E-state index is 9.23. The van der Waals surface area contributed by atoms with Gasteiger partial charge in [0, 0.05) is 0 Å². The molecule has 1 aromatic rings. The molecular weight excluding hydrogens is 176 g/mol. The van der Waals surface area contributed by atoms with Crippen LogP contribution in [0.2, 0.25) is 0 Å². The Balaban J connectivity index is 2.28. The summed E-state index contributed by atoms with van der Waals surface area (Å²) in [5.74, 6) is 0.854. The Morgan fingerprint density at radius 3 is 2.36 bits per heavy atom. The van der Waals surface area contributed by atoms with Crippen LogP contribution in [0.4, 0.5) is 0 Å². The highest BCUT2D eigenvalue weighted by Crippen LogP contribution is 2.36. The zero-order chi connectivity index (χ0) is 9.97. The maximum Gasteiger partial charge on any atom is 0.118 e. The van der Waals surface area contributed by atoms with Crippen LogP contribution >= 0.6 is 0 Å². The summed E-state index contributed by atoms with van der Waals surface area (Å²) in [5.41, 5.74) is 3.59. The van der Waals surface area contributed by atoms with E-state index in [4.69, 9.17) is 4.74 Å². The number of benzene rings is 1. The summed E-state index contributed by atoms with van der Waals surface area (Å²) in [6.45, 7) is 0.141. The number of ether oxygens (including phenoxy) is 1. The van der Waals surface area contributed by atoms with Crippen molar-refractivity contribution in [1.29, 1.82) is 0 Å². The molecule has 0 heterocycles. The second kappa shape index (κ2) is 3.84. The van der Waals surface area contributed by atoms with Gasteiger partial charge < -0.3 is 9.84 Å². The second-order valence-electron chi connectivity index (χ2n) is 3.47. The van der Waals surface area contributed by atoms with Gasteiger partial charge in [0.25, 0.3) is 0 Å². The number of allylic oxidation sites excluding steroid dienone is 1. The van der Waals surface area contributed by atoms with Gasteiger partial charge in [-0.2, -0.15) is 0 Å². The average molecular weight is 190 g/mol. The second-order valence-corrected chi connectivity index (χ2v) is 3.47. The van der Waals surface area contributed by atoms with Gasteiger partial charge >= 0.3 is 0 Å². The van der Waals surface area contributed by atoms with E-state index in [-0.39, 0.29) is 6.61 Å². The van der Waals surface area contributed by atoms with Crippen LogP contribution in [0.25, 0.3) is 5.57 Å². The predicted octanol–water partition coefficient (Wildman–Crippen LogP) is 2.23. The van der Waals surface area contributed by atoms with Crippen molar-refractivity contribution < 1.29 is 9.84 Å². The highest BCUT2D eigenvalue weighted by molar-refractivity contribution is 5.72. The predicted molar refractivity (Wildman–Crippen MR) is 56.2 cm³/mol. The van der Waals surface area contributed by atoms with Crippen molar-refractivity contribution in [3.63, 3.8) is 0 Å². The van der Waals surface area contributed by atoms with Crippen LogP contribution in [-0.2, 0) is 0 Å². The van der Waals surface area contributed by atoms with Gasteiger partial charge in [0.2, 0.25) is 0 Å². The molecule has 1 fully saturated rings. The summed E-state index contributed by atoms with van der Waals surface area (Å²) in [4.78, 5) is 0. The zero-order valence-corrected chi connectivity index (χ0v) is 8.29. The lowest BCUT2D eigenvalue weighted by atomic mass is 10.1. The molecule has 1 aliphatic rings. The monoisotopic (exact) mass is 190 g/mol. The summed E-state index contributed by atoms with van der Waals surface area (Å²) in [7, 11) is 1.65. The Morgan fingerprint density at radius 2 is 1.93 bits per heavy atom. The highest BCUT2D eigenvalue weighted by Gasteiger charge is 2.17. The van der Waals surface area contributed by atoms with E-state index in [0.29, 0.717) is 0 Å². The van der Waals surface area contributed by atoms with Crippen molar-refractivity contribution in [1.82, 2.24) is 0 Å². The first-order valence-corrected chi connectivity index (χ1v) is 4.81. The first kappa shape index (κ1) is 9.28. The Morgan fingerprint density at radius 1 is 1.29 bits per heavy atom. The lowest BCUT2D eigenvalue weighted by Crippen LogP contribution is -1.91. The molecule has 0 radical (unpaired) electrons. The average Bonchev–Trinajstić information content (AvgIpc) is 3.04. The van der Waals surface area contributed by atoms with Gasteiger partial charge in [-0.25, -0.2) is 0 Å². The van der Waals surface area contributed by atoms with Gasteiger partial charge in [-0.1, -0.05) is 17.7 Å². The van der Waals surface area contributed by atoms with Gasteiger partial charge in [0.1, 0.15) is 5.75 Å². The fourth-order valence-corrected chi connectivity index (χ4v) is 1.56. The molecule has 1 N–H and O–H groups in total. The molecule has 0 aliphatic heterocycles. The Hall–Kier alpha value is -1.28. The van der Waals surface area contributed by atoms with E-state index in [0.717, 1.165) is 29.7 Å². The quantitative estimate of drug-likeness (QED) is 0.792. The first-order valence-electron chi connectivity index (χ1n) is 4.81. The van der Waals surface area contributed by atoms with E-state index in [2.05, 4.69) is 0 Å². The number of rotatable bonds is 3. The van der Waals surface area contributed by atoms with Crippen molar-refractivity contribution in [3.8, 4) is 5.75 Å². The molecule has 2 nitrogen and oxygen atoms in total. The van der Waals surface area contributed by atoms with Crippen LogP contribution in [0.1, 0.15) is 18.4 Å². The van der Waals surface area contributed by atoms with Crippen LogP contribution in [0.5, 0.6) is 5.75 Å². The molecule has 2 rings (SSSR count). The molecule has 0 aromatic heterocycles. The molecule has 2 heteroatoms. The van der Waals surface area contributed by atoms with Crippen LogP contribution in [0, 0.1) is 0 Å². The van der Waals surface area contributed by atoms with E-state index in [1.807, 2.05) is 24.3 Å². The Kier molecular flexibility index (Phi) is 2.55. The van der Waals surface area contributed by atoms with E-state index in [1.54, 1.807) is 7.11 Å². The standard InChI is InChI=1S/C12H14O2/c1-14-11-6-4-10(5-7-11)12(8-13)9-2-3-9/h4-7,13H,2-3,8H2,1H3. The lowest BCUT2D eigenvalue weighted by Gasteiger charge is -2.05. The fourth-order valence-electron chi connectivity index (χ4n) is 1.56. The number of methoxy groups -OCH3 is 1. The number of aliphatic hydroxyl groups excluding tert-OH is 1. The third-order valence-electron chi connectivity index (χ3n) is 2.52. The van der Waals surface area contributed by atoms with Crippen LogP contribution in [0.3, 0.4) is 0 Å². The van der Waals surface area contributed by atoms with Crippen molar-refractivity contribution in [2.24, 2.45) is 0 Å². The molecule has 0 atom stereocenters. The summed E-state index contributed by atoms with van der Waals surface area (Å²) in [5, 5.41) is 9.23. The summed E-state index contributed by atoms with van der Waals surface area (Å²) >= 11 is 0. The molecule has 74 valence electrons. The smallest absolute Gasteiger partial charge is 0.118 e. The van der Waals surface area contributed by atoms with Crippen molar-refractivity contribution in [2.75, 3.05) is 13.7 Å². The molecule has 0 saturated heterocycles. The van der Waals surface area contributed by atoms with Gasteiger partial charge in [-0.05, 0) is 36.1 Å². The van der Waals surface area contributed by atoms with E-state index in [9.17, 15) is 5.11 Å². The largest absolute Gasteiger partial charge is 0.497 e. The zero-order valence-electron chi connectivity index (χ0n) is 8.29. The summed E-state index contributed by atoms with van der Waals surface area (Å²) < 4.78 is 5.08. The van der Waals surface area contributed by atoms with Crippen LogP contribution < -0.4 is 4.74 Å². The molecular formula is C12H14O2. The minimum Gasteiger partial charge on any atom is -0.497 e. The van der Waals surface area contributed by atoms with Crippen molar-refractivity contribution in [2.45, 2.75) is 12.8 Å². The van der Waals surface area contributed by atoms with Crippen LogP contribution in [0.15, 0.2) is 29.8 Å². The van der Waals surface area contributed by atoms with Crippen molar-refractivity contribution >= 4 is 5.57 Å². The van der Waals surface area contributed by atoms with Crippen molar-refractivity contribution in [3.05, 3.63) is 35.4 Å². The molecule has 0 unspecified atom stereocenters. The maximum atomic E-state index is 9.23. The summed E-state index contributed by atoms with van der Waals surface area (Å²) in [6.07, 6.45) is 2.28. The fraction of sp³-hybridized carbons (Fsp3) is 0.333. The topological polar surface area (TPSA) is 29.5 Å². The molecule has 0 amide bonds. The molecule has 0 bridgehead atoms. The van der Waals surface area contributed by atoms with E-state index >= 15 is 0 Å². The lowest BCUT2D eigenvalue weighted by molar-refractivity contribution is 0.350. The minimum atomic E-state index is 0.141. The molecule has 1 aromatic carbocycles. The SMILES string of the molecule is COc1ccc(C(CO)=C2CC2)cc1. The number of hydrogen-bond acceptors (Lipinski definition) is 2. The van der Waals surface area contributed by atoms with E-state index in [1.165, 1.54) is 5.57 Å². The molecule has 1 aliphatic carbocycles. The van der Waals surface area contributed by atoms with Gasteiger partial charge in [0.05, 0.1) is 13.7 Å². The third kappa shape index (κ3) is 1.80. The molecule has 14 heavy (non-hydrogen) atoms. The van der Waals surface area contributed by atoms with E-state index < -0.39 is 0 Å². The number of hydrogen-bond donors (Lipinski definition) is 1. The molecule has 0 spiro atoms. The van der Waals surface area contributed by atoms with Gasteiger partial charge in [-0.3, -0.25) is 0 Å². The Bertz CT molecular complexity index is 343. The molecule has 1 saturated carbocycles. The minimum absolute atomic E-state index is 0.141. The summed E-state index contributed by atoms with van der Waals surface area (Å²) in [6, 6.07) is 7.84. The van der Waals surface area contributed by atoms with Gasteiger partial charge in [0.15, 0.2) is 0 Å². The third-order valence-corrected chi connectivity index (χ3v) is 2.52. The Labute approximate surface area is 83.8 Å². The van der Waals surface area contributed by atoms with Gasteiger partial charge in [-0.15, -0.1) is 0 Å². The van der Waals surface area contributed by atoms with Crippen LogP contribution in [-0.4, -0.2) is 18.8 Å². The highest BCUT2D eigenvalue weighted by atomic mass is 16.5. The normalized spacial score (nSPS) is 14.0. The number of aliphatic hydroxyl groups is 1. The first-order chi connectivity index (χ1) is 6.85.